The largest absolute Gasteiger partial charge is 0.342 e. The van der Waals surface area contributed by atoms with Crippen LogP contribution in [0.4, 0.5) is 0 Å². The number of hydrogen-bond donors (Lipinski definition) is 1. The van der Waals surface area contributed by atoms with Gasteiger partial charge in [-0.3, -0.25) is 4.79 Å². The number of carbonyl (C=O) groups is 1. The van der Waals surface area contributed by atoms with Crippen LogP contribution in [-0.4, -0.2) is 30.4 Å². The van der Waals surface area contributed by atoms with Crippen LogP contribution < -0.4 is 5.73 Å². The lowest BCUT2D eigenvalue weighted by Gasteiger charge is -2.36. The number of nitrogens with two attached hydrogens (primary N) is 1. The molecule has 1 atom stereocenters. The molecule has 1 heterocycles. The standard InChI is InChI=1S/C11H22N2O.ClH/c1-11(2,3)10(14)13-6-4-5-9(7-12)8-13;/h9H,4-8,12H2,1-3H3;1H. The maximum absolute atomic E-state index is 12.0. The molecule has 1 amide bonds. The molecular formula is C11H23ClN2O. The fraction of sp³-hybridized carbons (Fsp3) is 0.909. The number of likely N-dealkylation sites (tertiary alicyclic amines) is 1. The van der Waals surface area contributed by atoms with Crippen molar-refractivity contribution in [3.63, 3.8) is 0 Å². The molecule has 4 heteroatoms. The van der Waals surface area contributed by atoms with Gasteiger partial charge < -0.3 is 10.6 Å². The first kappa shape index (κ1) is 14.7. The molecular weight excluding hydrogens is 212 g/mol. The zero-order chi connectivity index (χ0) is 10.8. The fourth-order valence-corrected chi connectivity index (χ4v) is 1.92. The molecule has 0 aromatic heterocycles. The van der Waals surface area contributed by atoms with E-state index < -0.39 is 0 Å². The summed E-state index contributed by atoms with van der Waals surface area (Å²) in [6, 6.07) is 0. The third kappa shape index (κ3) is 3.99. The van der Waals surface area contributed by atoms with E-state index >= 15 is 0 Å². The van der Waals surface area contributed by atoms with Gasteiger partial charge >= 0.3 is 0 Å². The van der Waals surface area contributed by atoms with Gasteiger partial charge in [-0.15, -0.1) is 12.4 Å². The lowest BCUT2D eigenvalue weighted by atomic mass is 9.91. The van der Waals surface area contributed by atoms with Crippen LogP contribution in [0, 0.1) is 11.3 Å². The molecule has 1 fully saturated rings. The molecule has 1 rings (SSSR count). The number of nitrogens with zero attached hydrogens (tertiary/aromatic N) is 1. The van der Waals surface area contributed by atoms with Crippen LogP contribution >= 0.6 is 12.4 Å². The normalized spacial score (nSPS) is 22.1. The quantitative estimate of drug-likeness (QED) is 0.750. The Hall–Kier alpha value is -0.280. The van der Waals surface area contributed by atoms with Crippen LogP contribution in [0.1, 0.15) is 33.6 Å². The number of rotatable bonds is 1. The summed E-state index contributed by atoms with van der Waals surface area (Å²) >= 11 is 0. The number of piperidine rings is 1. The van der Waals surface area contributed by atoms with Gasteiger partial charge in [0.1, 0.15) is 0 Å². The van der Waals surface area contributed by atoms with Gasteiger partial charge in [0.05, 0.1) is 0 Å². The molecule has 0 aromatic rings. The van der Waals surface area contributed by atoms with E-state index in [9.17, 15) is 4.79 Å². The Labute approximate surface area is 98.8 Å². The van der Waals surface area contributed by atoms with Gasteiger partial charge in [0.15, 0.2) is 0 Å². The third-order valence-corrected chi connectivity index (χ3v) is 2.78. The molecule has 1 aliphatic heterocycles. The Morgan fingerprint density at radius 3 is 2.53 bits per heavy atom. The number of carbonyl (C=O) groups excluding carboxylic acids is 1. The van der Waals surface area contributed by atoms with Crippen LogP contribution in [0.3, 0.4) is 0 Å². The number of halogens is 1. The maximum atomic E-state index is 12.0. The second-order valence-corrected chi connectivity index (χ2v) is 5.25. The van der Waals surface area contributed by atoms with E-state index in [1.165, 1.54) is 6.42 Å². The van der Waals surface area contributed by atoms with E-state index in [2.05, 4.69) is 0 Å². The lowest BCUT2D eigenvalue weighted by molar-refractivity contribution is -0.141. The monoisotopic (exact) mass is 234 g/mol. The topological polar surface area (TPSA) is 46.3 Å². The summed E-state index contributed by atoms with van der Waals surface area (Å²) in [5.41, 5.74) is 5.38. The van der Waals surface area contributed by atoms with E-state index in [1.54, 1.807) is 0 Å². The molecule has 0 saturated carbocycles. The summed E-state index contributed by atoms with van der Waals surface area (Å²) < 4.78 is 0. The molecule has 2 N–H and O–H groups in total. The summed E-state index contributed by atoms with van der Waals surface area (Å²) in [5.74, 6) is 0.769. The molecule has 0 aliphatic carbocycles. The van der Waals surface area contributed by atoms with Gasteiger partial charge in [0.2, 0.25) is 5.91 Å². The molecule has 15 heavy (non-hydrogen) atoms. The van der Waals surface area contributed by atoms with E-state index in [-0.39, 0.29) is 23.7 Å². The van der Waals surface area contributed by atoms with Gasteiger partial charge in [-0.05, 0) is 25.3 Å². The van der Waals surface area contributed by atoms with Gasteiger partial charge in [-0.2, -0.15) is 0 Å². The maximum Gasteiger partial charge on any atom is 0.227 e. The Morgan fingerprint density at radius 2 is 2.07 bits per heavy atom. The van der Waals surface area contributed by atoms with Gasteiger partial charge in [-0.1, -0.05) is 20.8 Å². The average Bonchev–Trinajstić information content (AvgIpc) is 2.15. The van der Waals surface area contributed by atoms with Gasteiger partial charge in [0.25, 0.3) is 0 Å². The smallest absolute Gasteiger partial charge is 0.227 e. The molecule has 0 aromatic carbocycles. The Morgan fingerprint density at radius 1 is 1.47 bits per heavy atom. The molecule has 1 aliphatic rings. The second kappa shape index (κ2) is 5.71. The van der Waals surface area contributed by atoms with Crippen molar-refractivity contribution < 1.29 is 4.79 Å². The Kier molecular flexibility index (Phi) is 5.60. The van der Waals surface area contributed by atoms with Crippen molar-refractivity contribution in [3.8, 4) is 0 Å². The summed E-state index contributed by atoms with van der Waals surface area (Å²) in [6.07, 6.45) is 2.27. The first-order valence-electron chi connectivity index (χ1n) is 5.44. The lowest BCUT2D eigenvalue weighted by Crippen LogP contribution is -2.46. The highest BCUT2D eigenvalue weighted by Gasteiger charge is 2.30. The first-order valence-corrected chi connectivity index (χ1v) is 5.44. The van der Waals surface area contributed by atoms with Crippen molar-refractivity contribution in [1.82, 2.24) is 4.90 Å². The highest BCUT2D eigenvalue weighted by molar-refractivity contribution is 5.85. The zero-order valence-corrected chi connectivity index (χ0v) is 10.8. The highest BCUT2D eigenvalue weighted by atomic mass is 35.5. The van der Waals surface area contributed by atoms with Crippen molar-refractivity contribution in [1.29, 1.82) is 0 Å². The summed E-state index contributed by atoms with van der Waals surface area (Å²) in [5, 5.41) is 0. The van der Waals surface area contributed by atoms with Crippen LogP contribution in [0.15, 0.2) is 0 Å². The van der Waals surface area contributed by atoms with Gasteiger partial charge in [-0.25, -0.2) is 0 Å². The van der Waals surface area contributed by atoms with Crippen molar-refractivity contribution in [2.24, 2.45) is 17.1 Å². The summed E-state index contributed by atoms with van der Waals surface area (Å²) in [4.78, 5) is 13.9. The van der Waals surface area contributed by atoms with Crippen LogP contribution in [0.5, 0.6) is 0 Å². The molecule has 0 bridgehead atoms. The average molecular weight is 235 g/mol. The second-order valence-electron chi connectivity index (χ2n) is 5.25. The molecule has 90 valence electrons. The van der Waals surface area contributed by atoms with Crippen LogP contribution in [0.25, 0.3) is 0 Å². The van der Waals surface area contributed by atoms with Crippen molar-refractivity contribution >= 4 is 18.3 Å². The van der Waals surface area contributed by atoms with E-state index in [0.29, 0.717) is 12.5 Å². The highest BCUT2D eigenvalue weighted by Crippen LogP contribution is 2.22. The Bertz CT molecular complexity index is 213. The zero-order valence-electron chi connectivity index (χ0n) is 9.95. The summed E-state index contributed by atoms with van der Waals surface area (Å²) in [6.45, 7) is 8.39. The van der Waals surface area contributed by atoms with Crippen molar-refractivity contribution in [3.05, 3.63) is 0 Å². The van der Waals surface area contributed by atoms with Crippen molar-refractivity contribution in [2.45, 2.75) is 33.6 Å². The van der Waals surface area contributed by atoms with Crippen molar-refractivity contribution in [2.75, 3.05) is 19.6 Å². The Balaban J connectivity index is 0.00000196. The molecule has 0 spiro atoms. The minimum absolute atomic E-state index is 0. The molecule has 0 radical (unpaired) electrons. The molecule has 1 saturated heterocycles. The predicted octanol–water partition coefficient (Wildman–Crippen LogP) is 1.65. The predicted molar refractivity (Wildman–Crippen MR) is 65.1 cm³/mol. The minimum Gasteiger partial charge on any atom is -0.342 e. The third-order valence-electron chi connectivity index (χ3n) is 2.78. The SMILES string of the molecule is CC(C)(C)C(=O)N1CCCC(CN)C1.Cl. The fourth-order valence-electron chi connectivity index (χ4n) is 1.92. The minimum atomic E-state index is -0.253. The number of amides is 1. The van der Waals surface area contributed by atoms with Gasteiger partial charge in [0, 0.05) is 18.5 Å². The summed E-state index contributed by atoms with van der Waals surface area (Å²) in [7, 11) is 0. The van der Waals surface area contributed by atoms with Crippen LogP contribution in [0.2, 0.25) is 0 Å². The first-order chi connectivity index (χ1) is 6.45. The van der Waals surface area contributed by atoms with Crippen LogP contribution in [-0.2, 0) is 4.79 Å². The number of hydrogen-bond acceptors (Lipinski definition) is 2. The van der Waals surface area contributed by atoms with E-state index in [4.69, 9.17) is 5.73 Å². The van der Waals surface area contributed by atoms with E-state index in [0.717, 1.165) is 19.5 Å². The molecule has 3 nitrogen and oxygen atoms in total. The molecule has 1 unspecified atom stereocenters. The van der Waals surface area contributed by atoms with E-state index in [1.807, 2.05) is 25.7 Å².